The number of anilines is 2. The molecule has 1 aliphatic heterocycles. The minimum Gasteiger partial charge on any atom is -0.490 e. The lowest BCUT2D eigenvalue weighted by molar-refractivity contribution is 0.179. The molecule has 0 spiro atoms. The summed E-state index contributed by atoms with van der Waals surface area (Å²) in [7, 11) is 1.39. The Morgan fingerprint density at radius 1 is 1.52 bits per heavy atom. The Morgan fingerprint density at radius 2 is 2.39 bits per heavy atom. The molecule has 1 aliphatic rings. The number of amides is 1. The number of methoxy groups -OCH3 is 1. The largest absolute Gasteiger partial charge is 0.490 e. The summed E-state index contributed by atoms with van der Waals surface area (Å²) in [6.45, 7) is 4.53. The molecule has 1 amide bonds. The van der Waals surface area contributed by atoms with Crippen LogP contribution in [0.1, 0.15) is 12.6 Å². The van der Waals surface area contributed by atoms with E-state index in [9.17, 15) is 4.79 Å². The van der Waals surface area contributed by atoms with Crippen LogP contribution in [0.2, 0.25) is 0 Å². The fourth-order valence-corrected chi connectivity index (χ4v) is 2.69. The molecule has 0 radical (unpaired) electrons. The van der Waals surface area contributed by atoms with Gasteiger partial charge in [-0.1, -0.05) is 0 Å². The number of hydrogen-bond acceptors (Lipinski definition) is 5. The molecule has 0 saturated carbocycles. The van der Waals surface area contributed by atoms with Crippen molar-refractivity contribution in [3.63, 3.8) is 0 Å². The maximum Gasteiger partial charge on any atom is 0.413 e. The van der Waals surface area contributed by atoms with E-state index in [4.69, 9.17) is 9.47 Å². The van der Waals surface area contributed by atoms with Crippen LogP contribution in [0.4, 0.5) is 16.2 Å². The van der Waals surface area contributed by atoms with Crippen LogP contribution in [0.25, 0.3) is 0 Å². The molecule has 7 heteroatoms. The highest BCUT2D eigenvalue weighted by atomic mass is 16.5. The van der Waals surface area contributed by atoms with Gasteiger partial charge in [-0.25, -0.2) is 9.78 Å². The SMILES string of the molecule is CCN(C(=O)OC)c1ccc2c(c1)N(Cc1c[nH]cn1)CCO2. The number of aromatic nitrogens is 2. The first-order chi connectivity index (χ1) is 11.2. The van der Waals surface area contributed by atoms with E-state index in [0.717, 1.165) is 29.4 Å². The van der Waals surface area contributed by atoms with E-state index in [1.54, 1.807) is 11.2 Å². The van der Waals surface area contributed by atoms with E-state index in [1.807, 2.05) is 31.3 Å². The molecule has 0 fully saturated rings. The molecule has 0 saturated heterocycles. The minimum atomic E-state index is -0.372. The molecule has 1 N–H and O–H groups in total. The average Bonchev–Trinajstić information content (AvgIpc) is 3.09. The van der Waals surface area contributed by atoms with Crippen LogP contribution in [0.5, 0.6) is 5.75 Å². The predicted octanol–water partition coefficient (Wildman–Crippen LogP) is 2.40. The molecule has 1 aromatic heterocycles. The third-order valence-corrected chi connectivity index (χ3v) is 3.83. The quantitative estimate of drug-likeness (QED) is 0.938. The summed E-state index contributed by atoms with van der Waals surface area (Å²) in [4.78, 5) is 22.9. The Hall–Kier alpha value is -2.70. The zero-order valence-corrected chi connectivity index (χ0v) is 13.3. The number of rotatable bonds is 4. The van der Waals surface area contributed by atoms with Crippen molar-refractivity contribution in [3.8, 4) is 5.75 Å². The first-order valence-electron chi connectivity index (χ1n) is 7.58. The number of carbonyl (C=O) groups is 1. The van der Waals surface area contributed by atoms with Crippen LogP contribution in [-0.4, -0.2) is 42.9 Å². The van der Waals surface area contributed by atoms with E-state index in [-0.39, 0.29) is 6.09 Å². The zero-order valence-electron chi connectivity index (χ0n) is 13.3. The van der Waals surface area contributed by atoms with E-state index < -0.39 is 0 Å². The summed E-state index contributed by atoms with van der Waals surface area (Å²) < 4.78 is 10.6. The molecule has 1 aromatic carbocycles. The Labute approximate surface area is 134 Å². The van der Waals surface area contributed by atoms with Gasteiger partial charge in [-0.2, -0.15) is 0 Å². The van der Waals surface area contributed by atoms with Gasteiger partial charge in [-0.05, 0) is 25.1 Å². The van der Waals surface area contributed by atoms with Gasteiger partial charge in [0.15, 0.2) is 0 Å². The highest BCUT2D eigenvalue weighted by Gasteiger charge is 2.22. The van der Waals surface area contributed by atoms with Crippen molar-refractivity contribution in [3.05, 3.63) is 36.4 Å². The van der Waals surface area contributed by atoms with Crippen molar-refractivity contribution in [1.82, 2.24) is 9.97 Å². The van der Waals surface area contributed by atoms with Gasteiger partial charge in [0.2, 0.25) is 0 Å². The first kappa shape index (κ1) is 15.2. The topological polar surface area (TPSA) is 70.7 Å². The summed E-state index contributed by atoms with van der Waals surface area (Å²) in [6.07, 6.45) is 3.18. The van der Waals surface area contributed by atoms with Crippen molar-refractivity contribution in [2.24, 2.45) is 0 Å². The second-order valence-corrected chi connectivity index (χ2v) is 5.20. The number of hydrogen-bond donors (Lipinski definition) is 1. The normalized spacial score (nSPS) is 13.2. The third kappa shape index (κ3) is 3.08. The van der Waals surface area contributed by atoms with Crippen LogP contribution in [0.3, 0.4) is 0 Å². The maximum atomic E-state index is 11.9. The summed E-state index contributed by atoms with van der Waals surface area (Å²) in [5, 5.41) is 0. The maximum absolute atomic E-state index is 11.9. The Kier molecular flexibility index (Phi) is 4.36. The van der Waals surface area contributed by atoms with Gasteiger partial charge in [0.1, 0.15) is 12.4 Å². The van der Waals surface area contributed by atoms with Crippen molar-refractivity contribution in [2.45, 2.75) is 13.5 Å². The van der Waals surface area contributed by atoms with Crippen LogP contribution in [-0.2, 0) is 11.3 Å². The van der Waals surface area contributed by atoms with Crippen molar-refractivity contribution in [2.75, 3.05) is 36.6 Å². The zero-order chi connectivity index (χ0) is 16.2. The highest BCUT2D eigenvalue weighted by molar-refractivity contribution is 5.88. The number of H-pyrrole nitrogens is 1. The molecule has 0 atom stereocenters. The van der Waals surface area contributed by atoms with Gasteiger partial charge in [0.25, 0.3) is 0 Å². The Morgan fingerprint density at radius 3 is 3.09 bits per heavy atom. The van der Waals surface area contributed by atoms with Crippen molar-refractivity contribution in [1.29, 1.82) is 0 Å². The number of carbonyl (C=O) groups excluding carboxylic acids is 1. The van der Waals surface area contributed by atoms with Gasteiger partial charge in [-0.15, -0.1) is 0 Å². The number of benzene rings is 1. The minimum absolute atomic E-state index is 0.372. The van der Waals surface area contributed by atoms with Gasteiger partial charge in [0, 0.05) is 18.4 Å². The summed E-state index contributed by atoms with van der Waals surface area (Å²) in [5.74, 6) is 0.816. The standard InChI is InChI=1S/C16H20N4O3/c1-3-20(16(21)22-2)13-4-5-15-14(8-13)19(6-7-23-15)10-12-9-17-11-18-12/h4-5,8-9,11H,3,6-7,10H2,1-2H3,(H,17,18). The molecule has 0 unspecified atom stereocenters. The molecule has 2 heterocycles. The molecule has 23 heavy (non-hydrogen) atoms. The van der Waals surface area contributed by atoms with Crippen LogP contribution < -0.4 is 14.5 Å². The smallest absolute Gasteiger partial charge is 0.413 e. The van der Waals surface area contributed by atoms with E-state index in [1.165, 1.54) is 7.11 Å². The van der Waals surface area contributed by atoms with Crippen LogP contribution >= 0.6 is 0 Å². The van der Waals surface area contributed by atoms with Crippen LogP contribution in [0.15, 0.2) is 30.7 Å². The van der Waals surface area contributed by atoms with E-state index in [2.05, 4.69) is 14.9 Å². The molecule has 3 rings (SSSR count). The number of aromatic amines is 1. The Balaban J connectivity index is 1.91. The summed E-state index contributed by atoms with van der Waals surface area (Å²) in [6, 6.07) is 5.73. The third-order valence-electron chi connectivity index (χ3n) is 3.83. The lowest BCUT2D eigenvalue weighted by Gasteiger charge is -2.32. The molecule has 7 nitrogen and oxygen atoms in total. The summed E-state index contributed by atoms with van der Waals surface area (Å²) in [5.41, 5.74) is 2.71. The summed E-state index contributed by atoms with van der Waals surface area (Å²) >= 11 is 0. The Bertz CT molecular complexity index is 672. The van der Waals surface area contributed by atoms with Crippen molar-refractivity contribution >= 4 is 17.5 Å². The number of ether oxygens (including phenoxy) is 2. The monoisotopic (exact) mass is 316 g/mol. The van der Waals surface area contributed by atoms with Gasteiger partial charge in [0.05, 0.1) is 37.9 Å². The van der Waals surface area contributed by atoms with Gasteiger partial charge < -0.3 is 19.4 Å². The molecule has 122 valence electrons. The van der Waals surface area contributed by atoms with Gasteiger partial charge in [-0.3, -0.25) is 4.90 Å². The highest BCUT2D eigenvalue weighted by Crippen LogP contribution is 2.36. The fourth-order valence-electron chi connectivity index (χ4n) is 2.69. The number of nitrogens with zero attached hydrogens (tertiary/aromatic N) is 3. The van der Waals surface area contributed by atoms with E-state index in [0.29, 0.717) is 19.7 Å². The second-order valence-electron chi connectivity index (χ2n) is 5.20. The number of fused-ring (bicyclic) bond motifs is 1. The average molecular weight is 316 g/mol. The number of imidazole rings is 1. The number of nitrogens with one attached hydrogen (secondary N) is 1. The first-order valence-corrected chi connectivity index (χ1v) is 7.58. The molecule has 0 bridgehead atoms. The van der Waals surface area contributed by atoms with Crippen LogP contribution in [0, 0.1) is 0 Å². The molecule has 2 aromatic rings. The predicted molar refractivity (Wildman–Crippen MR) is 87.0 cm³/mol. The lowest BCUT2D eigenvalue weighted by Crippen LogP contribution is -2.34. The molecular formula is C16H20N4O3. The van der Waals surface area contributed by atoms with E-state index >= 15 is 0 Å². The molecular weight excluding hydrogens is 296 g/mol. The van der Waals surface area contributed by atoms with Crippen molar-refractivity contribution < 1.29 is 14.3 Å². The second kappa shape index (κ2) is 6.60. The molecule has 0 aliphatic carbocycles. The van der Waals surface area contributed by atoms with Gasteiger partial charge >= 0.3 is 6.09 Å². The fraction of sp³-hybridized carbons (Fsp3) is 0.375. The lowest BCUT2D eigenvalue weighted by atomic mass is 10.2.